The van der Waals surface area contributed by atoms with E-state index in [4.69, 9.17) is 4.52 Å². The van der Waals surface area contributed by atoms with Gasteiger partial charge in [-0.15, -0.1) is 0 Å². The van der Waals surface area contributed by atoms with Crippen LogP contribution in [0.3, 0.4) is 0 Å². The number of piperidine rings is 1. The number of H-pyrrole nitrogens is 1. The van der Waals surface area contributed by atoms with E-state index in [0.717, 1.165) is 40.4 Å². The van der Waals surface area contributed by atoms with E-state index in [2.05, 4.69) is 10.1 Å². The number of halogens is 1. The summed E-state index contributed by atoms with van der Waals surface area (Å²) < 4.78 is 18.7. The van der Waals surface area contributed by atoms with E-state index in [1.54, 1.807) is 12.3 Å². The molecule has 1 aliphatic rings. The smallest absolute Gasteiger partial charge is 0.325 e. The van der Waals surface area contributed by atoms with Crippen molar-refractivity contribution in [2.75, 3.05) is 13.1 Å². The predicted molar refractivity (Wildman–Crippen MR) is 106 cm³/mol. The molecule has 1 aliphatic heterocycles. The Morgan fingerprint density at radius 1 is 1.21 bits per heavy atom. The molecule has 29 heavy (non-hydrogen) atoms. The average Bonchev–Trinajstić information content (AvgIpc) is 3.33. The first-order chi connectivity index (χ1) is 14.1. The van der Waals surface area contributed by atoms with Crippen molar-refractivity contribution in [2.45, 2.75) is 24.8 Å². The van der Waals surface area contributed by atoms with Crippen LogP contribution in [0.15, 0.2) is 53.2 Å². The number of nitrogens with zero attached hydrogens (tertiary/aromatic N) is 2. The van der Waals surface area contributed by atoms with Gasteiger partial charge in [-0.3, -0.25) is 9.69 Å². The Hall–Kier alpha value is -3.19. The van der Waals surface area contributed by atoms with Crippen LogP contribution in [-0.2, 0) is 4.79 Å². The highest BCUT2D eigenvalue weighted by Gasteiger charge is 2.34. The number of hydrogen-bond donors (Lipinski definition) is 2. The first kappa shape index (κ1) is 17.9. The number of fused-ring (bicyclic) bond motifs is 2. The molecule has 0 spiro atoms. The van der Waals surface area contributed by atoms with E-state index < -0.39 is 12.0 Å². The predicted octanol–water partition coefficient (Wildman–Crippen LogP) is 4.45. The van der Waals surface area contributed by atoms with Crippen LogP contribution in [-0.4, -0.2) is 39.2 Å². The van der Waals surface area contributed by atoms with Crippen LogP contribution in [0.2, 0.25) is 0 Å². The monoisotopic (exact) mass is 393 g/mol. The second-order valence-corrected chi connectivity index (χ2v) is 7.55. The lowest BCUT2D eigenvalue weighted by Gasteiger charge is -2.35. The van der Waals surface area contributed by atoms with Gasteiger partial charge in [-0.2, -0.15) is 0 Å². The third-order valence-electron chi connectivity index (χ3n) is 5.89. The molecule has 0 saturated carbocycles. The molecular formula is C22H20FN3O3. The van der Waals surface area contributed by atoms with Crippen LogP contribution in [0.25, 0.3) is 21.9 Å². The second-order valence-electron chi connectivity index (χ2n) is 7.55. The lowest BCUT2D eigenvalue weighted by Crippen LogP contribution is -2.39. The van der Waals surface area contributed by atoms with Crippen molar-refractivity contribution in [3.63, 3.8) is 0 Å². The Bertz CT molecular complexity index is 1190. The van der Waals surface area contributed by atoms with E-state index in [0.29, 0.717) is 18.7 Å². The average molecular weight is 393 g/mol. The van der Waals surface area contributed by atoms with Crippen LogP contribution in [0, 0.1) is 5.82 Å². The largest absolute Gasteiger partial charge is 0.480 e. The number of carbonyl (C=O) groups is 1. The Labute approximate surface area is 165 Å². The summed E-state index contributed by atoms with van der Waals surface area (Å²) in [4.78, 5) is 17.3. The number of rotatable bonds is 4. The summed E-state index contributed by atoms with van der Waals surface area (Å²) in [6.07, 6.45) is 3.34. The molecule has 0 aliphatic carbocycles. The fraction of sp³-hybridized carbons (Fsp3) is 0.273. The first-order valence-corrected chi connectivity index (χ1v) is 9.69. The standard InChI is InChI=1S/C22H20FN3O3/c23-14-5-6-16-19(11-14)29-25-20(16)13-7-9-26(10-8-13)21(22(27)28)17-12-24-18-4-2-1-3-15(17)18/h1-6,11-13,21,24H,7-10H2,(H,27,28). The van der Waals surface area contributed by atoms with Crippen LogP contribution in [0.5, 0.6) is 0 Å². The van der Waals surface area contributed by atoms with E-state index in [1.807, 2.05) is 29.2 Å². The molecule has 6 nitrogen and oxygen atoms in total. The summed E-state index contributed by atoms with van der Waals surface area (Å²) in [5, 5.41) is 15.9. The molecule has 1 atom stereocenters. The zero-order valence-corrected chi connectivity index (χ0v) is 15.6. The van der Waals surface area contributed by atoms with Gasteiger partial charge in [-0.1, -0.05) is 23.4 Å². The van der Waals surface area contributed by atoms with Crippen LogP contribution >= 0.6 is 0 Å². The maximum Gasteiger partial charge on any atom is 0.325 e. The first-order valence-electron chi connectivity index (χ1n) is 9.69. The molecule has 7 heteroatoms. The molecular weight excluding hydrogens is 373 g/mol. The van der Waals surface area contributed by atoms with Crippen molar-refractivity contribution in [1.29, 1.82) is 0 Å². The summed E-state index contributed by atoms with van der Waals surface area (Å²) in [6.45, 7) is 1.27. The summed E-state index contributed by atoms with van der Waals surface area (Å²) in [5.41, 5.74) is 3.00. The maximum atomic E-state index is 13.4. The SMILES string of the molecule is O=C(O)C(c1c[nH]c2ccccc12)N1CCC(c2noc3cc(F)ccc23)CC1. The van der Waals surface area contributed by atoms with Gasteiger partial charge in [0.1, 0.15) is 11.9 Å². The fourth-order valence-corrected chi connectivity index (χ4v) is 4.46. The van der Waals surface area contributed by atoms with Gasteiger partial charge in [0.15, 0.2) is 5.58 Å². The lowest BCUT2D eigenvalue weighted by molar-refractivity contribution is -0.144. The fourth-order valence-electron chi connectivity index (χ4n) is 4.46. The zero-order chi connectivity index (χ0) is 20.0. The van der Waals surface area contributed by atoms with E-state index >= 15 is 0 Å². The molecule has 1 fully saturated rings. The number of likely N-dealkylation sites (tertiary alicyclic amines) is 1. The van der Waals surface area contributed by atoms with Gasteiger partial charge < -0.3 is 14.6 Å². The number of carboxylic acid groups (broad SMARTS) is 1. The van der Waals surface area contributed by atoms with Crippen molar-refractivity contribution < 1.29 is 18.8 Å². The van der Waals surface area contributed by atoms with Gasteiger partial charge >= 0.3 is 5.97 Å². The minimum atomic E-state index is -0.851. The van der Waals surface area contributed by atoms with E-state index in [9.17, 15) is 14.3 Å². The maximum absolute atomic E-state index is 13.4. The highest BCUT2D eigenvalue weighted by Crippen LogP contribution is 2.36. The van der Waals surface area contributed by atoms with Crippen molar-refractivity contribution in [3.05, 3.63) is 65.7 Å². The summed E-state index contributed by atoms with van der Waals surface area (Å²) in [7, 11) is 0. The van der Waals surface area contributed by atoms with Crippen LogP contribution < -0.4 is 0 Å². The molecule has 2 aromatic heterocycles. The van der Waals surface area contributed by atoms with Crippen molar-refractivity contribution in [3.8, 4) is 0 Å². The third-order valence-corrected chi connectivity index (χ3v) is 5.89. The van der Waals surface area contributed by atoms with Gasteiger partial charge in [0.25, 0.3) is 0 Å². The van der Waals surface area contributed by atoms with Gasteiger partial charge in [0, 0.05) is 40.0 Å². The zero-order valence-electron chi connectivity index (χ0n) is 15.6. The molecule has 3 heterocycles. The topological polar surface area (TPSA) is 82.4 Å². The molecule has 0 radical (unpaired) electrons. The molecule has 4 aromatic rings. The van der Waals surface area contributed by atoms with E-state index in [-0.39, 0.29) is 11.7 Å². The summed E-state index contributed by atoms with van der Waals surface area (Å²) in [5.74, 6) is -1.04. The number of aromatic amines is 1. The van der Waals surface area contributed by atoms with Gasteiger partial charge in [0.2, 0.25) is 0 Å². The number of aliphatic carboxylic acids is 1. The second kappa shape index (κ2) is 7.00. The quantitative estimate of drug-likeness (QED) is 0.535. The number of carboxylic acids is 1. The molecule has 2 N–H and O–H groups in total. The Balaban J connectivity index is 1.39. The molecule has 1 unspecified atom stereocenters. The highest BCUT2D eigenvalue weighted by atomic mass is 19.1. The Morgan fingerprint density at radius 3 is 2.79 bits per heavy atom. The number of para-hydroxylation sites is 1. The van der Waals surface area contributed by atoms with Crippen LogP contribution in [0.1, 0.15) is 36.1 Å². The molecule has 1 saturated heterocycles. The lowest BCUT2D eigenvalue weighted by atomic mass is 9.90. The minimum absolute atomic E-state index is 0.162. The van der Waals surface area contributed by atoms with Crippen molar-refractivity contribution in [2.24, 2.45) is 0 Å². The normalized spacial score (nSPS) is 17.1. The van der Waals surface area contributed by atoms with Gasteiger partial charge in [-0.05, 0) is 44.1 Å². The molecule has 0 amide bonds. The molecule has 0 bridgehead atoms. The van der Waals surface area contributed by atoms with E-state index in [1.165, 1.54) is 12.1 Å². The highest BCUT2D eigenvalue weighted by molar-refractivity contribution is 5.89. The number of aromatic nitrogens is 2. The third kappa shape index (κ3) is 3.07. The summed E-state index contributed by atoms with van der Waals surface area (Å²) in [6, 6.07) is 11.5. The van der Waals surface area contributed by atoms with Crippen LogP contribution in [0.4, 0.5) is 4.39 Å². The number of nitrogens with one attached hydrogen (secondary N) is 1. The van der Waals surface area contributed by atoms with Gasteiger partial charge in [-0.25, -0.2) is 4.39 Å². The molecule has 5 rings (SSSR count). The van der Waals surface area contributed by atoms with Crippen molar-refractivity contribution >= 4 is 27.8 Å². The van der Waals surface area contributed by atoms with Crippen molar-refractivity contribution in [1.82, 2.24) is 15.0 Å². The Morgan fingerprint density at radius 2 is 2.00 bits per heavy atom. The minimum Gasteiger partial charge on any atom is -0.480 e. The molecule has 148 valence electrons. The summed E-state index contributed by atoms with van der Waals surface area (Å²) >= 11 is 0. The van der Waals surface area contributed by atoms with Gasteiger partial charge in [0.05, 0.1) is 5.69 Å². The number of hydrogen-bond acceptors (Lipinski definition) is 4. The molecule has 2 aromatic carbocycles. The number of benzene rings is 2. The Kier molecular flexibility index (Phi) is 4.32.